The normalized spacial score (nSPS) is 23.1. The number of halogens is 1. The molecule has 8 nitrogen and oxygen atoms in total. The predicted molar refractivity (Wildman–Crippen MR) is 144 cm³/mol. The third kappa shape index (κ3) is 5.69. The van der Waals surface area contributed by atoms with Crippen LogP contribution in [-0.4, -0.2) is 48.7 Å². The lowest BCUT2D eigenvalue weighted by Gasteiger charge is -2.35. The molecule has 0 aromatic heterocycles. The molecule has 0 bridgehead atoms. The molecule has 1 atom stereocenters. The molecular formula is C28H33ClN4O4. The number of para-hydroxylation sites is 2. The van der Waals surface area contributed by atoms with Gasteiger partial charge in [-0.15, -0.1) is 0 Å². The van der Waals surface area contributed by atoms with Gasteiger partial charge in [0.25, 0.3) is 0 Å². The van der Waals surface area contributed by atoms with Crippen molar-refractivity contribution in [2.75, 3.05) is 34.9 Å². The molecule has 1 unspecified atom stereocenters. The van der Waals surface area contributed by atoms with Gasteiger partial charge in [0.15, 0.2) is 0 Å². The Hall–Kier alpha value is -3.26. The molecule has 0 saturated heterocycles. The van der Waals surface area contributed by atoms with Gasteiger partial charge in [-0.1, -0.05) is 23.7 Å². The Kier molecular flexibility index (Phi) is 7.55. The quantitative estimate of drug-likeness (QED) is 0.489. The number of nitrogens with one attached hydrogen (secondary N) is 2. The SMILES string of the molecule is O=C(O)CC1CCC(=O)N(CC(=O)NCC2CCC(N3CNc4ccccc43)CC2)c2ccc(Cl)cc21. The van der Waals surface area contributed by atoms with E-state index in [9.17, 15) is 19.5 Å². The lowest BCUT2D eigenvalue weighted by Crippen LogP contribution is -2.43. The molecule has 5 rings (SSSR count). The van der Waals surface area contributed by atoms with Crippen molar-refractivity contribution in [2.24, 2.45) is 5.92 Å². The topological polar surface area (TPSA) is 102 Å². The van der Waals surface area contributed by atoms with Crippen LogP contribution in [0.5, 0.6) is 0 Å². The van der Waals surface area contributed by atoms with Crippen molar-refractivity contribution < 1.29 is 19.5 Å². The zero-order valence-corrected chi connectivity index (χ0v) is 21.5. The van der Waals surface area contributed by atoms with Crippen LogP contribution < -0.4 is 20.4 Å². The van der Waals surface area contributed by atoms with E-state index in [1.54, 1.807) is 18.2 Å². The summed E-state index contributed by atoms with van der Waals surface area (Å²) >= 11 is 6.20. The summed E-state index contributed by atoms with van der Waals surface area (Å²) in [5.41, 5.74) is 3.75. The first-order chi connectivity index (χ1) is 17.9. The van der Waals surface area contributed by atoms with Gasteiger partial charge in [0.1, 0.15) is 6.54 Å². The third-order valence-electron chi connectivity index (χ3n) is 7.95. The maximum Gasteiger partial charge on any atom is 0.303 e. The number of fused-ring (bicyclic) bond motifs is 2. The van der Waals surface area contributed by atoms with Crippen molar-refractivity contribution in [1.29, 1.82) is 0 Å². The monoisotopic (exact) mass is 524 g/mol. The lowest BCUT2D eigenvalue weighted by atomic mass is 9.85. The third-order valence-corrected chi connectivity index (χ3v) is 8.18. The van der Waals surface area contributed by atoms with E-state index < -0.39 is 5.97 Å². The number of hydrogen-bond acceptors (Lipinski definition) is 5. The second-order valence-electron chi connectivity index (χ2n) is 10.3. The molecule has 3 N–H and O–H groups in total. The fourth-order valence-electron chi connectivity index (χ4n) is 5.99. The summed E-state index contributed by atoms with van der Waals surface area (Å²) in [5, 5.41) is 16.3. The van der Waals surface area contributed by atoms with Crippen LogP contribution in [0, 0.1) is 5.92 Å². The van der Waals surface area contributed by atoms with Crippen LogP contribution >= 0.6 is 11.6 Å². The van der Waals surface area contributed by atoms with E-state index in [1.807, 2.05) is 0 Å². The molecule has 1 aliphatic carbocycles. The first-order valence-electron chi connectivity index (χ1n) is 13.1. The van der Waals surface area contributed by atoms with Gasteiger partial charge < -0.3 is 25.5 Å². The molecule has 9 heteroatoms. The van der Waals surface area contributed by atoms with Crippen LogP contribution in [0.4, 0.5) is 17.1 Å². The molecule has 3 aliphatic rings. The minimum atomic E-state index is -0.922. The van der Waals surface area contributed by atoms with E-state index in [-0.39, 0.29) is 37.1 Å². The van der Waals surface area contributed by atoms with Crippen LogP contribution in [0.15, 0.2) is 42.5 Å². The highest BCUT2D eigenvalue weighted by atomic mass is 35.5. The van der Waals surface area contributed by atoms with Crippen LogP contribution in [0.2, 0.25) is 5.02 Å². The summed E-state index contributed by atoms with van der Waals surface area (Å²) in [7, 11) is 0. The Morgan fingerprint density at radius 1 is 1.05 bits per heavy atom. The molecule has 2 heterocycles. The van der Waals surface area contributed by atoms with Crippen molar-refractivity contribution >= 4 is 46.4 Å². The van der Waals surface area contributed by atoms with Gasteiger partial charge in [-0.25, -0.2) is 0 Å². The molecule has 1 fully saturated rings. The zero-order valence-electron chi connectivity index (χ0n) is 20.8. The molecule has 2 amide bonds. The molecule has 1 saturated carbocycles. The molecule has 0 spiro atoms. The maximum atomic E-state index is 12.9. The van der Waals surface area contributed by atoms with Gasteiger partial charge in [-0.2, -0.15) is 0 Å². The minimum Gasteiger partial charge on any atom is -0.481 e. The molecule has 2 aromatic rings. The van der Waals surface area contributed by atoms with Crippen LogP contribution in [0.1, 0.15) is 56.4 Å². The number of carbonyl (C=O) groups is 3. The molecule has 196 valence electrons. The van der Waals surface area contributed by atoms with Gasteiger partial charge in [0.2, 0.25) is 11.8 Å². The number of aliphatic carboxylic acids is 1. The number of carboxylic acid groups (broad SMARTS) is 1. The van der Waals surface area contributed by atoms with Crippen LogP contribution in [0.25, 0.3) is 0 Å². The first-order valence-corrected chi connectivity index (χ1v) is 13.4. The summed E-state index contributed by atoms with van der Waals surface area (Å²) in [6, 6.07) is 14.0. The zero-order chi connectivity index (χ0) is 25.9. The number of carbonyl (C=O) groups excluding carboxylic acids is 2. The number of carboxylic acids is 1. The highest BCUT2D eigenvalue weighted by Crippen LogP contribution is 2.39. The number of benzene rings is 2. The molecule has 37 heavy (non-hydrogen) atoms. The van der Waals surface area contributed by atoms with E-state index in [0.29, 0.717) is 41.2 Å². The Bertz CT molecular complexity index is 1180. The van der Waals surface area contributed by atoms with Crippen molar-refractivity contribution in [3.63, 3.8) is 0 Å². The minimum absolute atomic E-state index is 0.0809. The van der Waals surface area contributed by atoms with Gasteiger partial charge in [0, 0.05) is 29.7 Å². The Labute approximate surface area is 222 Å². The number of anilines is 3. The number of rotatable bonds is 7. The van der Waals surface area contributed by atoms with Gasteiger partial charge >= 0.3 is 5.97 Å². The van der Waals surface area contributed by atoms with Crippen molar-refractivity contribution in [3.05, 3.63) is 53.1 Å². The Morgan fingerprint density at radius 3 is 2.62 bits per heavy atom. The van der Waals surface area contributed by atoms with E-state index in [1.165, 1.54) is 16.3 Å². The molecular weight excluding hydrogens is 492 g/mol. The summed E-state index contributed by atoms with van der Waals surface area (Å²) in [5.74, 6) is -1.21. The number of hydrogen-bond donors (Lipinski definition) is 3. The average molecular weight is 525 g/mol. The second kappa shape index (κ2) is 11.0. The van der Waals surface area contributed by atoms with E-state index in [2.05, 4.69) is 39.8 Å². The van der Waals surface area contributed by atoms with Crippen LogP contribution in [0.3, 0.4) is 0 Å². The Morgan fingerprint density at radius 2 is 1.84 bits per heavy atom. The van der Waals surface area contributed by atoms with Gasteiger partial charge in [0.05, 0.1) is 24.5 Å². The summed E-state index contributed by atoms with van der Waals surface area (Å²) < 4.78 is 0. The fraction of sp³-hybridized carbons (Fsp3) is 0.464. The standard InChI is InChI=1S/C28H33ClN4O4/c29-20-8-11-24-22(14-20)19(13-28(36)37)7-12-27(35)32(24)16-26(34)30-15-18-5-9-21(10-6-18)33-17-31-23-3-1-2-4-25(23)33/h1-4,8,11,14,18-19,21,31H,5-7,9-10,12-13,15-17H2,(H,30,34)(H,36,37). The first kappa shape index (κ1) is 25.4. The second-order valence-corrected chi connectivity index (χ2v) is 10.8. The van der Waals surface area contributed by atoms with Crippen molar-refractivity contribution in [1.82, 2.24) is 5.32 Å². The highest BCUT2D eigenvalue weighted by Gasteiger charge is 2.32. The van der Waals surface area contributed by atoms with E-state index >= 15 is 0 Å². The summed E-state index contributed by atoms with van der Waals surface area (Å²) in [6.45, 7) is 1.35. The molecule has 2 aliphatic heterocycles. The molecule has 2 aromatic carbocycles. The van der Waals surface area contributed by atoms with Gasteiger partial charge in [-0.3, -0.25) is 14.4 Å². The average Bonchev–Trinajstić information content (AvgIpc) is 3.28. The van der Waals surface area contributed by atoms with Crippen molar-refractivity contribution in [3.8, 4) is 0 Å². The largest absolute Gasteiger partial charge is 0.481 e. The summed E-state index contributed by atoms with van der Waals surface area (Å²) in [4.78, 5) is 41.2. The highest BCUT2D eigenvalue weighted by molar-refractivity contribution is 6.30. The Balaban J connectivity index is 1.16. The van der Waals surface area contributed by atoms with E-state index in [4.69, 9.17) is 11.6 Å². The lowest BCUT2D eigenvalue weighted by molar-refractivity contribution is -0.137. The number of nitrogens with zero attached hydrogens (tertiary/aromatic N) is 2. The number of amides is 2. The summed E-state index contributed by atoms with van der Waals surface area (Å²) in [6.07, 6.45) is 4.78. The predicted octanol–water partition coefficient (Wildman–Crippen LogP) is 4.59. The maximum absolute atomic E-state index is 12.9. The smallest absolute Gasteiger partial charge is 0.303 e. The fourth-order valence-corrected chi connectivity index (χ4v) is 6.17. The van der Waals surface area contributed by atoms with Gasteiger partial charge in [-0.05, 0) is 79.8 Å². The van der Waals surface area contributed by atoms with E-state index in [0.717, 1.165) is 32.4 Å². The molecule has 0 radical (unpaired) electrons. The van der Waals surface area contributed by atoms with Crippen LogP contribution in [-0.2, 0) is 14.4 Å². The van der Waals surface area contributed by atoms with Crippen molar-refractivity contribution in [2.45, 2.75) is 56.9 Å².